The Morgan fingerprint density at radius 1 is 1.18 bits per heavy atom. The number of Topliss-reactive ketones (excluding diaryl/α,β-unsaturated/α-hetero) is 1. The third-order valence-corrected chi connectivity index (χ3v) is 8.29. The second kappa shape index (κ2) is 12.0. The Morgan fingerprint density at radius 2 is 1.93 bits per heavy atom. The van der Waals surface area contributed by atoms with Gasteiger partial charge in [-0.1, -0.05) is 18.0 Å². The van der Waals surface area contributed by atoms with Gasteiger partial charge in [0.15, 0.2) is 0 Å². The lowest BCUT2D eigenvalue weighted by atomic mass is 9.91. The molecule has 4 amide bonds. The second-order valence-corrected chi connectivity index (χ2v) is 10.8. The first-order valence-corrected chi connectivity index (χ1v) is 13.5. The number of nitrogens with zero attached hydrogens (tertiary/aromatic N) is 1. The molecule has 0 radical (unpaired) electrons. The van der Waals surface area contributed by atoms with Gasteiger partial charge >= 0.3 is 6.18 Å². The zero-order valence-corrected chi connectivity index (χ0v) is 22.5. The molecule has 218 valence electrons. The highest BCUT2D eigenvalue weighted by Gasteiger charge is 2.50. The fourth-order valence-electron chi connectivity index (χ4n) is 5.93. The van der Waals surface area contributed by atoms with Crippen LogP contribution in [0.15, 0.2) is 18.2 Å². The number of ketones is 1. The van der Waals surface area contributed by atoms with Gasteiger partial charge in [-0.15, -0.1) is 0 Å². The Bertz CT molecular complexity index is 1200. The molecular formula is C26H31ClF3N5O5. The van der Waals surface area contributed by atoms with Crippen LogP contribution < -0.4 is 21.3 Å². The van der Waals surface area contributed by atoms with Gasteiger partial charge in [0, 0.05) is 26.1 Å². The number of hydrogen-bond donors (Lipinski definition) is 4. The molecule has 2 aliphatic heterocycles. The summed E-state index contributed by atoms with van der Waals surface area (Å²) in [6.07, 6.45) is -1.76. The van der Waals surface area contributed by atoms with Crippen LogP contribution >= 0.6 is 11.6 Å². The number of likely N-dealkylation sites (N-methyl/N-ethyl adjacent to an activating group) is 1. The second-order valence-electron chi connectivity index (χ2n) is 10.4. The maximum Gasteiger partial charge on any atom is 0.416 e. The van der Waals surface area contributed by atoms with Crippen LogP contribution in [0.2, 0.25) is 5.02 Å². The highest BCUT2D eigenvalue weighted by atomic mass is 35.5. The van der Waals surface area contributed by atoms with E-state index in [1.165, 1.54) is 11.9 Å². The summed E-state index contributed by atoms with van der Waals surface area (Å²) in [5.74, 6) is -3.71. The van der Waals surface area contributed by atoms with Crippen LogP contribution in [0.1, 0.15) is 37.7 Å². The van der Waals surface area contributed by atoms with Crippen molar-refractivity contribution in [1.29, 1.82) is 0 Å². The van der Waals surface area contributed by atoms with Crippen molar-refractivity contribution in [2.75, 3.05) is 32.0 Å². The average molecular weight is 586 g/mol. The van der Waals surface area contributed by atoms with Crippen molar-refractivity contribution in [1.82, 2.24) is 20.9 Å². The van der Waals surface area contributed by atoms with Crippen molar-refractivity contribution >= 4 is 46.7 Å². The molecule has 0 bridgehead atoms. The number of likely N-dealkylation sites (tertiary alicyclic amines) is 1. The molecule has 1 saturated carbocycles. The van der Waals surface area contributed by atoms with Gasteiger partial charge in [0.1, 0.15) is 6.04 Å². The van der Waals surface area contributed by atoms with Gasteiger partial charge < -0.3 is 26.2 Å². The number of anilines is 1. The number of nitrogens with one attached hydrogen (secondary N) is 4. The minimum Gasteiger partial charge on any atom is -0.375 e. The molecule has 0 unspecified atom stereocenters. The molecule has 40 heavy (non-hydrogen) atoms. The van der Waals surface area contributed by atoms with E-state index in [-0.39, 0.29) is 41.4 Å². The molecule has 0 spiro atoms. The lowest BCUT2D eigenvalue weighted by Gasteiger charge is -2.29. The molecule has 3 aliphatic rings. The van der Waals surface area contributed by atoms with Gasteiger partial charge in [0.2, 0.25) is 23.5 Å². The minimum atomic E-state index is -4.56. The molecule has 2 heterocycles. The summed E-state index contributed by atoms with van der Waals surface area (Å²) in [4.78, 5) is 65.4. The Hall–Kier alpha value is -3.35. The fraction of sp³-hybridized carbons (Fsp3) is 0.577. The molecule has 10 nitrogen and oxygen atoms in total. The van der Waals surface area contributed by atoms with Crippen molar-refractivity contribution in [3.63, 3.8) is 0 Å². The lowest BCUT2D eigenvalue weighted by molar-refractivity contribution is -0.142. The lowest BCUT2D eigenvalue weighted by Crippen LogP contribution is -2.55. The highest BCUT2D eigenvalue weighted by Crippen LogP contribution is 2.42. The number of fused-ring (bicyclic) bond motifs is 1. The number of hydrogen-bond acceptors (Lipinski definition) is 6. The van der Waals surface area contributed by atoms with Crippen molar-refractivity contribution < 1.29 is 37.1 Å². The first-order chi connectivity index (χ1) is 18.9. The number of benzene rings is 1. The zero-order valence-electron chi connectivity index (χ0n) is 21.8. The van der Waals surface area contributed by atoms with E-state index >= 15 is 0 Å². The summed E-state index contributed by atoms with van der Waals surface area (Å²) in [6, 6.07) is 0.600. The number of alkyl halides is 3. The zero-order chi connectivity index (χ0) is 29.2. The van der Waals surface area contributed by atoms with Crippen LogP contribution in [-0.4, -0.2) is 73.1 Å². The SMILES string of the molecule is CNC(=O)C(=O)[C@H](C[C@@H]1CCNC1=O)NC(=O)[C@@H]1[C@H]2CCC[C@H]2CN1C(=O)CNc1ccc(C(F)(F)F)cc1Cl. The fourth-order valence-corrected chi connectivity index (χ4v) is 6.18. The van der Waals surface area contributed by atoms with E-state index in [0.29, 0.717) is 25.9 Å². The maximum atomic E-state index is 13.6. The van der Waals surface area contributed by atoms with Gasteiger partial charge in [-0.2, -0.15) is 13.2 Å². The first-order valence-electron chi connectivity index (χ1n) is 13.1. The van der Waals surface area contributed by atoms with Crippen molar-refractivity contribution in [3.8, 4) is 0 Å². The number of rotatable bonds is 9. The third-order valence-electron chi connectivity index (χ3n) is 7.97. The van der Waals surface area contributed by atoms with Gasteiger partial charge in [-0.25, -0.2) is 0 Å². The van der Waals surface area contributed by atoms with Crippen LogP contribution in [0.25, 0.3) is 0 Å². The number of halogens is 4. The Morgan fingerprint density at radius 3 is 2.55 bits per heavy atom. The van der Waals surface area contributed by atoms with Gasteiger partial charge in [0.25, 0.3) is 5.91 Å². The van der Waals surface area contributed by atoms with Crippen LogP contribution in [0.4, 0.5) is 18.9 Å². The normalized spacial score (nSPS) is 24.7. The number of carbonyl (C=O) groups is 5. The summed E-state index contributed by atoms with van der Waals surface area (Å²) < 4.78 is 38.8. The van der Waals surface area contributed by atoms with Crippen LogP contribution in [0, 0.1) is 17.8 Å². The molecule has 0 aromatic heterocycles. The first kappa shape index (κ1) is 29.6. The largest absolute Gasteiger partial charge is 0.416 e. The molecule has 5 atom stereocenters. The van der Waals surface area contributed by atoms with Crippen molar-refractivity contribution in [2.24, 2.45) is 17.8 Å². The number of carbonyl (C=O) groups excluding carboxylic acids is 5. The van der Waals surface area contributed by atoms with Crippen LogP contribution in [-0.2, 0) is 30.1 Å². The summed E-state index contributed by atoms with van der Waals surface area (Å²) in [5, 5.41) is 10.1. The van der Waals surface area contributed by atoms with Crippen molar-refractivity contribution in [2.45, 2.75) is 50.4 Å². The maximum absolute atomic E-state index is 13.6. The summed E-state index contributed by atoms with van der Waals surface area (Å²) in [7, 11) is 1.29. The molecule has 3 fully saturated rings. The Labute approximate surface area is 233 Å². The quantitative estimate of drug-likeness (QED) is 0.326. The Kier molecular flexibility index (Phi) is 8.91. The topological polar surface area (TPSA) is 137 Å². The summed E-state index contributed by atoms with van der Waals surface area (Å²) >= 11 is 6.00. The molecule has 1 aromatic rings. The minimum absolute atomic E-state index is 0.0490. The molecule has 14 heteroatoms. The smallest absolute Gasteiger partial charge is 0.375 e. The molecular weight excluding hydrogens is 555 g/mol. The third kappa shape index (κ3) is 6.34. The van der Waals surface area contributed by atoms with E-state index in [2.05, 4.69) is 21.3 Å². The summed E-state index contributed by atoms with van der Waals surface area (Å²) in [5.41, 5.74) is -0.788. The van der Waals surface area contributed by atoms with E-state index in [1.807, 2.05) is 0 Å². The van der Waals surface area contributed by atoms with Crippen LogP contribution in [0.3, 0.4) is 0 Å². The predicted molar refractivity (Wildman–Crippen MR) is 138 cm³/mol. The average Bonchev–Trinajstić information content (AvgIpc) is 3.62. The van der Waals surface area contributed by atoms with E-state index in [0.717, 1.165) is 31.0 Å². The Balaban J connectivity index is 1.48. The van der Waals surface area contributed by atoms with Gasteiger partial charge in [-0.05, 0) is 55.7 Å². The van der Waals surface area contributed by atoms with Gasteiger partial charge in [0.05, 0.1) is 28.9 Å². The standard InChI is InChI=1S/C26H31ClF3N5O5/c1-31-25(40)22(37)19(9-13-7-8-32-23(13)38)34-24(39)21-16-4-2-3-14(16)12-35(21)20(36)11-33-18-6-5-15(10-17(18)27)26(28,29)30/h5-6,10,13-14,16,19,21,33H,2-4,7-9,11-12H2,1H3,(H,31,40)(H,32,38)(H,34,39)/t13-,14-,16-,19-,21-/m0/s1. The van der Waals surface area contributed by atoms with Gasteiger partial charge in [-0.3, -0.25) is 24.0 Å². The highest BCUT2D eigenvalue weighted by molar-refractivity contribution is 6.38. The van der Waals surface area contributed by atoms with E-state index < -0.39 is 53.2 Å². The van der Waals surface area contributed by atoms with E-state index in [9.17, 15) is 37.1 Å². The summed E-state index contributed by atoms with van der Waals surface area (Å²) in [6.45, 7) is 0.420. The van der Waals surface area contributed by atoms with E-state index in [1.54, 1.807) is 0 Å². The van der Waals surface area contributed by atoms with Crippen molar-refractivity contribution in [3.05, 3.63) is 28.8 Å². The monoisotopic (exact) mass is 585 g/mol. The molecule has 2 saturated heterocycles. The number of amides is 4. The molecule has 4 N–H and O–H groups in total. The predicted octanol–water partition coefficient (Wildman–Crippen LogP) is 1.72. The van der Waals surface area contributed by atoms with Crippen LogP contribution in [0.5, 0.6) is 0 Å². The molecule has 1 aromatic carbocycles. The molecule has 1 aliphatic carbocycles. The van der Waals surface area contributed by atoms with E-state index in [4.69, 9.17) is 11.6 Å². The molecule has 4 rings (SSSR count).